The van der Waals surface area contributed by atoms with Crippen LogP contribution >= 0.6 is 0 Å². The van der Waals surface area contributed by atoms with Crippen molar-refractivity contribution in [3.05, 3.63) is 28.8 Å². The third kappa shape index (κ3) is 1.27. The van der Waals surface area contributed by atoms with Crippen LogP contribution in [0.25, 0.3) is 0 Å². The second-order valence-corrected chi connectivity index (χ2v) is 6.91. The van der Waals surface area contributed by atoms with Gasteiger partial charge in [-0.2, -0.15) is 0 Å². The first-order valence-corrected chi connectivity index (χ1v) is 7.94. The van der Waals surface area contributed by atoms with Crippen molar-refractivity contribution in [2.24, 2.45) is 5.92 Å². The summed E-state index contributed by atoms with van der Waals surface area (Å²) in [6.07, 6.45) is 3.28. The number of benzene rings is 1. The van der Waals surface area contributed by atoms with E-state index in [1.165, 1.54) is 11.1 Å². The molecule has 2 aliphatic heterocycles. The molecule has 4 aliphatic rings. The first kappa shape index (κ1) is 12.2. The third-order valence-electron chi connectivity index (χ3n) is 6.19. The Labute approximate surface area is 123 Å². The van der Waals surface area contributed by atoms with Crippen molar-refractivity contribution in [1.82, 2.24) is 5.32 Å². The molecule has 0 aromatic heterocycles. The fraction of sp³-hybridized carbons (Fsp3) is 0.588. The first-order chi connectivity index (χ1) is 10.3. The van der Waals surface area contributed by atoms with Crippen LogP contribution in [-0.4, -0.2) is 29.6 Å². The molecule has 1 spiro atoms. The number of carbonyl (C=O) groups is 1. The molecule has 0 amide bonds. The maximum atomic E-state index is 12.5. The molecule has 110 valence electrons. The Morgan fingerprint density at radius 1 is 1.43 bits per heavy atom. The molecule has 1 saturated heterocycles. The smallest absolute Gasteiger partial charge is 0.174 e. The topological polar surface area (TPSA) is 58.6 Å². The number of ketones is 1. The Morgan fingerprint density at radius 3 is 3.19 bits per heavy atom. The van der Waals surface area contributed by atoms with Gasteiger partial charge in [0.2, 0.25) is 0 Å². The van der Waals surface area contributed by atoms with Gasteiger partial charge in [-0.05, 0) is 37.3 Å². The zero-order valence-corrected chi connectivity index (χ0v) is 11.9. The van der Waals surface area contributed by atoms with Crippen molar-refractivity contribution in [3.63, 3.8) is 0 Å². The van der Waals surface area contributed by atoms with E-state index in [1.807, 2.05) is 6.07 Å². The van der Waals surface area contributed by atoms with Gasteiger partial charge in [-0.15, -0.1) is 0 Å². The fourth-order valence-electron chi connectivity index (χ4n) is 5.44. The molecule has 2 fully saturated rings. The highest BCUT2D eigenvalue weighted by Gasteiger charge is 2.64. The van der Waals surface area contributed by atoms with Crippen molar-refractivity contribution >= 4 is 5.78 Å². The van der Waals surface area contributed by atoms with E-state index in [4.69, 9.17) is 4.74 Å². The van der Waals surface area contributed by atoms with Gasteiger partial charge in [0.25, 0.3) is 0 Å². The molecule has 4 heteroatoms. The number of piperidine rings is 1. The van der Waals surface area contributed by atoms with Gasteiger partial charge >= 0.3 is 0 Å². The zero-order chi connectivity index (χ0) is 14.2. The normalized spacial score (nSPS) is 38.9. The van der Waals surface area contributed by atoms with Crippen LogP contribution < -0.4 is 10.1 Å². The number of aliphatic hydroxyl groups excluding tert-OH is 1. The van der Waals surface area contributed by atoms with Gasteiger partial charge < -0.3 is 15.2 Å². The molecule has 1 unspecified atom stereocenters. The molecular formula is C17H19NO3. The number of carbonyl (C=O) groups excluding carboxylic acids is 1. The molecule has 4 nitrogen and oxygen atoms in total. The minimum absolute atomic E-state index is 0.0219. The Kier molecular flexibility index (Phi) is 2.25. The lowest BCUT2D eigenvalue weighted by Gasteiger charge is -2.54. The molecule has 5 rings (SSSR count). The summed E-state index contributed by atoms with van der Waals surface area (Å²) in [5.41, 5.74) is 3.28. The van der Waals surface area contributed by atoms with Gasteiger partial charge in [-0.1, -0.05) is 12.1 Å². The first-order valence-electron chi connectivity index (χ1n) is 7.94. The van der Waals surface area contributed by atoms with E-state index >= 15 is 0 Å². The molecule has 0 radical (unpaired) electrons. The predicted octanol–water partition coefficient (Wildman–Crippen LogP) is 1.07. The summed E-state index contributed by atoms with van der Waals surface area (Å²) in [6.45, 7) is 0.933. The van der Waals surface area contributed by atoms with E-state index < -0.39 is 0 Å². The summed E-state index contributed by atoms with van der Waals surface area (Å²) in [5, 5.41) is 13.3. The number of aliphatic hydroxyl groups is 1. The molecule has 2 bridgehead atoms. The Bertz CT molecular complexity index is 656. The second-order valence-electron chi connectivity index (χ2n) is 6.91. The standard InChI is InChI=1S/C17H19NO3/c19-8-10-2-1-9-7-12-11-3-4-13(20)16-17(11,5-6-18-12)14(9)15(10)21-16/h1-2,11-12,16,18-19H,3-8H2/t11-,12+,16?,17-/m0/s1. The molecule has 2 heterocycles. The van der Waals surface area contributed by atoms with Crippen LogP contribution in [0.2, 0.25) is 0 Å². The lowest BCUT2D eigenvalue weighted by Crippen LogP contribution is -2.65. The average Bonchev–Trinajstić information content (AvgIpc) is 2.83. The third-order valence-corrected chi connectivity index (χ3v) is 6.19. The van der Waals surface area contributed by atoms with Gasteiger partial charge in [-0.3, -0.25) is 4.79 Å². The summed E-state index contributed by atoms with van der Waals surface area (Å²) < 4.78 is 6.18. The summed E-state index contributed by atoms with van der Waals surface area (Å²) >= 11 is 0. The quantitative estimate of drug-likeness (QED) is 0.810. The highest BCUT2D eigenvalue weighted by atomic mass is 16.5. The van der Waals surface area contributed by atoms with Crippen LogP contribution in [0.1, 0.15) is 36.0 Å². The fourth-order valence-corrected chi connectivity index (χ4v) is 5.44. The van der Waals surface area contributed by atoms with Gasteiger partial charge in [0.15, 0.2) is 11.9 Å². The number of Topliss-reactive ketones (excluding diaryl/α,β-unsaturated/α-hetero) is 1. The van der Waals surface area contributed by atoms with Crippen molar-refractivity contribution in [2.75, 3.05) is 6.54 Å². The van der Waals surface area contributed by atoms with Crippen molar-refractivity contribution in [1.29, 1.82) is 0 Å². The van der Waals surface area contributed by atoms with Gasteiger partial charge in [-0.25, -0.2) is 0 Å². The van der Waals surface area contributed by atoms with E-state index in [9.17, 15) is 9.90 Å². The van der Waals surface area contributed by atoms with E-state index in [0.717, 1.165) is 37.1 Å². The molecule has 4 atom stereocenters. The summed E-state index contributed by atoms with van der Waals surface area (Å²) in [6, 6.07) is 4.56. The maximum Gasteiger partial charge on any atom is 0.174 e. The molecule has 1 saturated carbocycles. The summed E-state index contributed by atoms with van der Waals surface area (Å²) in [4.78, 5) is 12.5. The van der Waals surface area contributed by atoms with Gasteiger partial charge in [0.1, 0.15) is 5.75 Å². The SMILES string of the molecule is O=C1CC[C@H]2[C@H]3Cc4ccc(CO)c5c4[C@@]2(CCN3)C1O5. The van der Waals surface area contributed by atoms with Crippen molar-refractivity contribution in [3.8, 4) is 5.75 Å². The Balaban J connectivity index is 1.83. The molecule has 2 N–H and O–H groups in total. The van der Waals surface area contributed by atoms with E-state index in [2.05, 4.69) is 11.4 Å². The molecular weight excluding hydrogens is 266 g/mol. The lowest BCUT2D eigenvalue weighted by atomic mass is 9.52. The number of hydrogen-bond donors (Lipinski definition) is 2. The number of nitrogens with one attached hydrogen (secondary N) is 1. The van der Waals surface area contributed by atoms with Crippen LogP contribution in [0.3, 0.4) is 0 Å². The van der Waals surface area contributed by atoms with Gasteiger partial charge in [0, 0.05) is 29.0 Å². The highest BCUT2D eigenvalue weighted by molar-refractivity contribution is 5.89. The highest BCUT2D eigenvalue weighted by Crippen LogP contribution is 2.60. The minimum Gasteiger partial charge on any atom is -0.481 e. The largest absolute Gasteiger partial charge is 0.481 e. The van der Waals surface area contributed by atoms with Crippen LogP contribution in [0.4, 0.5) is 0 Å². The van der Waals surface area contributed by atoms with Gasteiger partial charge in [0.05, 0.1) is 6.61 Å². The lowest BCUT2D eigenvalue weighted by molar-refractivity contribution is -0.135. The number of ether oxygens (including phenoxy) is 1. The minimum atomic E-state index is -0.317. The molecule has 1 aromatic carbocycles. The molecule has 1 aromatic rings. The van der Waals surface area contributed by atoms with Crippen LogP contribution in [0.5, 0.6) is 5.75 Å². The number of hydrogen-bond acceptors (Lipinski definition) is 4. The summed E-state index contributed by atoms with van der Waals surface area (Å²) in [5.74, 6) is 1.57. The maximum absolute atomic E-state index is 12.5. The second kappa shape index (κ2) is 3.87. The average molecular weight is 285 g/mol. The van der Waals surface area contributed by atoms with Crippen LogP contribution in [0, 0.1) is 5.92 Å². The Hall–Kier alpha value is -1.39. The van der Waals surface area contributed by atoms with E-state index in [1.54, 1.807) is 0 Å². The molecule has 21 heavy (non-hydrogen) atoms. The number of rotatable bonds is 1. The van der Waals surface area contributed by atoms with Crippen LogP contribution in [0.15, 0.2) is 12.1 Å². The van der Waals surface area contributed by atoms with E-state index in [0.29, 0.717) is 18.4 Å². The van der Waals surface area contributed by atoms with Crippen LogP contribution in [-0.2, 0) is 23.2 Å². The Morgan fingerprint density at radius 2 is 2.33 bits per heavy atom. The monoisotopic (exact) mass is 285 g/mol. The van der Waals surface area contributed by atoms with Crippen molar-refractivity contribution < 1.29 is 14.6 Å². The van der Waals surface area contributed by atoms with Crippen molar-refractivity contribution in [2.45, 2.75) is 49.9 Å². The van der Waals surface area contributed by atoms with E-state index in [-0.39, 0.29) is 23.9 Å². The zero-order valence-electron chi connectivity index (χ0n) is 11.9. The predicted molar refractivity (Wildman–Crippen MR) is 76.3 cm³/mol. The molecule has 2 aliphatic carbocycles. The summed E-state index contributed by atoms with van der Waals surface area (Å²) in [7, 11) is 0.